The number of esters is 2. The van der Waals surface area contributed by atoms with Crippen LogP contribution in [0.1, 0.15) is 30.0 Å². The van der Waals surface area contributed by atoms with Crippen molar-refractivity contribution in [1.82, 2.24) is 15.0 Å². The van der Waals surface area contributed by atoms with E-state index in [1.807, 2.05) is 30.3 Å². The fourth-order valence-electron chi connectivity index (χ4n) is 1.73. The first-order chi connectivity index (χ1) is 10.5. The minimum atomic E-state index is -0.708. The Hall–Kier alpha value is -2.70. The normalized spacial score (nSPS) is 10.5. The summed E-state index contributed by atoms with van der Waals surface area (Å²) in [5.74, 6) is -1.31. The van der Waals surface area contributed by atoms with E-state index in [1.54, 1.807) is 20.8 Å². The molecule has 0 amide bonds. The van der Waals surface area contributed by atoms with E-state index < -0.39 is 18.5 Å². The summed E-state index contributed by atoms with van der Waals surface area (Å²) >= 11 is 0. The Labute approximate surface area is 127 Å². The van der Waals surface area contributed by atoms with Gasteiger partial charge in [-0.05, 0) is 32.9 Å². The molecule has 22 heavy (non-hydrogen) atoms. The molecule has 0 fully saturated rings. The van der Waals surface area contributed by atoms with Crippen molar-refractivity contribution in [2.24, 2.45) is 0 Å². The molecule has 0 aliphatic carbocycles. The van der Waals surface area contributed by atoms with Gasteiger partial charge >= 0.3 is 11.9 Å². The number of carbonyl (C=O) groups is 2. The van der Waals surface area contributed by atoms with Gasteiger partial charge in [-0.2, -0.15) is 9.90 Å². The molecule has 0 aliphatic rings. The first-order valence-corrected chi connectivity index (χ1v) is 6.83. The van der Waals surface area contributed by atoms with Gasteiger partial charge in [0.25, 0.3) is 0 Å². The fourth-order valence-corrected chi connectivity index (χ4v) is 1.73. The monoisotopic (exact) mass is 303 g/mol. The molecule has 0 atom stereocenters. The van der Waals surface area contributed by atoms with Crippen LogP contribution in [0.25, 0.3) is 5.69 Å². The smallest absolute Gasteiger partial charge is 0.361 e. The first-order valence-electron chi connectivity index (χ1n) is 6.83. The fraction of sp³-hybridized carbons (Fsp3) is 0.333. The SMILES string of the molecule is Cc1nn(-c2ccccc2)nc1C(=O)OCC(=O)OC(C)C. The second-order valence-electron chi connectivity index (χ2n) is 4.87. The summed E-state index contributed by atoms with van der Waals surface area (Å²) in [6.45, 7) is 4.63. The summed E-state index contributed by atoms with van der Waals surface area (Å²) in [6.07, 6.45) is -0.258. The van der Waals surface area contributed by atoms with E-state index in [1.165, 1.54) is 4.80 Å². The quantitative estimate of drug-likeness (QED) is 0.782. The van der Waals surface area contributed by atoms with Gasteiger partial charge in [0, 0.05) is 0 Å². The van der Waals surface area contributed by atoms with Crippen molar-refractivity contribution >= 4 is 11.9 Å². The van der Waals surface area contributed by atoms with E-state index in [0.717, 1.165) is 5.69 Å². The van der Waals surface area contributed by atoms with Crippen molar-refractivity contribution in [1.29, 1.82) is 0 Å². The molecule has 7 nitrogen and oxygen atoms in total. The topological polar surface area (TPSA) is 83.3 Å². The van der Waals surface area contributed by atoms with Crippen molar-refractivity contribution in [3.63, 3.8) is 0 Å². The molecule has 0 spiro atoms. The Morgan fingerprint density at radius 1 is 1.18 bits per heavy atom. The van der Waals surface area contributed by atoms with Gasteiger partial charge in [0.1, 0.15) is 0 Å². The molecule has 0 radical (unpaired) electrons. The molecular formula is C15H17N3O4. The van der Waals surface area contributed by atoms with Gasteiger partial charge in [-0.3, -0.25) is 0 Å². The van der Waals surface area contributed by atoms with Gasteiger partial charge in [0.2, 0.25) is 0 Å². The van der Waals surface area contributed by atoms with Crippen LogP contribution < -0.4 is 0 Å². The number of aromatic nitrogens is 3. The summed E-state index contributed by atoms with van der Waals surface area (Å²) in [7, 11) is 0. The van der Waals surface area contributed by atoms with Crippen molar-refractivity contribution < 1.29 is 19.1 Å². The van der Waals surface area contributed by atoms with E-state index in [-0.39, 0.29) is 11.8 Å². The van der Waals surface area contributed by atoms with Gasteiger partial charge in [0.15, 0.2) is 12.3 Å². The number of para-hydroxylation sites is 1. The molecule has 0 aliphatic heterocycles. The summed E-state index contributed by atoms with van der Waals surface area (Å²) in [5, 5.41) is 8.26. The third kappa shape index (κ3) is 3.91. The predicted octanol–water partition coefficient (Wildman–Crippen LogP) is 1.68. The molecule has 1 heterocycles. The molecule has 2 aromatic rings. The van der Waals surface area contributed by atoms with Crippen LogP contribution in [-0.2, 0) is 14.3 Å². The lowest BCUT2D eigenvalue weighted by molar-refractivity contribution is -0.151. The maximum Gasteiger partial charge on any atom is 0.361 e. The van der Waals surface area contributed by atoms with Crippen molar-refractivity contribution in [2.75, 3.05) is 6.61 Å². The lowest BCUT2D eigenvalue weighted by Crippen LogP contribution is -2.20. The molecule has 0 unspecified atom stereocenters. The van der Waals surface area contributed by atoms with Crippen LogP contribution in [0.4, 0.5) is 0 Å². The van der Waals surface area contributed by atoms with Gasteiger partial charge in [-0.25, -0.2) is 9.59 Å². The first kappa shape index (κ1) is 15.7. The lowest BCUT2D eigenvalue weighted by atomic mass is 10.3. The molecule has 0 bridgehead atoms. The minimum Gasteiger partial charge on any atom is -0.460 e. The van der Waals surface area contributed by atoms with E-state index >= 15 is 0 Å². The number of hydrogen-bond donors (Lipinski definition) is 0. The van der Waals surface area contributed by atoms with Crippen LogP contribution in [0.2, 0.25) is 0 Å². The Bertz CT molecular complexity index is 665. The third-order valence-corrected chi connectivity index (χ3v) is 2.65. The Kier molecular flexibility index (Phi) is 4.88. The number of rotatable bonds is 5. The number of carbonyl (C=O) groups excluding carboxylic acids is 2. The summed E-state index contributed by atoms with van der Waals surface area (Å²) in [4.78, 5) is 24.7. The standard InChI is InChI=1S/C15H17N3O4/c1-10(2)22-13(19)9-21-15(20)14-11(3)16-18(17-14)12-7-5-4-6-8-12/h4-8,10H,9H2,1-3H3. The maximum atomic E-state index is 12.0. The molecule has 0 saturated carbocycles. The summed E-state index contributed by atoms with van der Waals surface area (Å²) < 4.78 is 9.78. The van der Waals surface area contributed by atoms with E-state index in [2.05, 4.69) is 10.2 Å². The summed E-state index contributed by atoms with van der Waals surface area (Å²) in [6, 6.07) is 9.18. The molecule has 0 saturated heterocycles. The van der Waals surface area contributed by atoms with Crippen molar-refractivity contribution in [2.45, 2.75) is 26.9 Å². The second-order valence-corrected chi connectivity index (χ2v) is 4.87. The van der Waals surface area contributed by atoms with Crippen molar-refractivity contribution in [3.8, 4) is 5.69 Å². The molecule has 2 rings (SSSR count). The highest BCUT2D eigenvalue weighted by atomic mass is 16.6. The minimum absolute atomic E-state index is 0.0706. The zero-order chi connectivity index (χ0) is 16.1. The highest BCUT2D eigenvalue weighted by molar-refractivity contribution is 5.89. The molecule has 1 aromatic carbocycles. The molecular weight excluding hydrogens is 286 g/mol. The Balaban J connectivity index is 2.05. The maximum absolute atomic E-state index is 12.0. The zero-order valence-electron chi connectivity index (χ0n) is 12.6. The van der Waals surface area contributed by atoms with Crippen LogP contribution in [-0.4, -0.2) is 39.6 Å². The van der Waals surface area contributed by atoms with Gasteiger partial charge in [-0.15, -0.1) is 5.10 Å². The number of aryl methyl sites for hydroxylation is 1. The lowest BCUT2D eigenvalue weighted by Gasteiger charge is -2.07. The highest BCUT2D eigenvalue weighted by Gasteiger charge is 2.19. The van der Waals surface area contributed by atoms with Crippen LogP contribution in [0, 0.1) is 6.92 Å². The highest BCUT2D eigenvalue weighted by Crippen LogP contribution is 2.09. The average molecular weight is 303 g/mol. The average Bonchev–Trinajstić information content (AvgIpc) is 2.87. The van der Waals surface area contributed by atoms with Gasteiger partial charge < -0.3 is 9.47 Å². The third-order valence-electron chi connectivity index (χ3n) is 2.65. The van der Waals surface area contributed by atoms with Crippen LogP contribution in [0.5, 0.6) is 0 Å². The molecule has 7 heteroatoms. The molecule has 1 aromatic heterocycles. The van der Waals surface area contributed by atoms with E-state index in [0.29, 0.717) is 5.69 Å². The van der Waals surface area contributed by atoms with Gasteiger partial charge in [-0.1, -0.05) is 18.2 Å². The molecule has 0 N–H and O–H groups in total. The number of benzene rings is 1. The van der Waals surface area contributed by atoms with Crippen LogP contribution in [0.15, 0.2) is 30.3 Å². The zero-order valence-corrected chi connectivity index (χ0v) is 12.6. The number of ether oxygens (including phenoxy) is 2. The largest absolute Gasteiger partial charge is 0.460 e. The van der Waals surface area contributed by atoms with Gasteiger partial charge in [0.05, 0.1) is 17.5 Å². The van der Waals surface area contributed by atoms with E-state index in [4.69, 9.17) is 9.47 Å². The molecule has 116 valence electrons. The number of nitrogens with zero attached hydrogens (tertiary/aromatic N) is 3. The Morgan fingerprint density at radius 2 is 1.86 bits per heavy atom. The van der Waals surface area contributed by atoms with E-state index in [9.17, 15) is 9.59 Å². The second kappa shape index (κ2) is 6.84. The van der Waals surface area contributed by atoms with Crippen LogP contribution >= 0.6 is 0 Å². The predicted molar refractivity (Wildman–Crippen MR) is 77.6 cm³/mol. The number of hydrogen-bond acceptors (Lipinski definition) is 6. The van der Waals surface area contributed by atoms with Crippen molar-refractivity contribution in [3.05, 3.63) is 41.7 Å². The Morgan fingerprint density at radius 3 is 2.50 bits per heavy atom. The summed E-state index contributed by atoms with van der Waals surface area (Å²) in [5.41, 5.74) is 1.22. The van der Waals surface area contributed by atoms with Crippen LogP contribution in [0.3, 0.4) is 0 Å².